The normalized spacial score (nSPS) is 20.1. The number of benzene rings is 1. The smallest absolute Gasteiger partial charge is 0.292 e. The zero-order chi connectivity index (χ0) is 14.1. The quantitative estimate of drug-likeness (QED) is 0.480. The van der Waals surface area contributed by atoms with Crippen LogP contribution in [0.15, 0.2) is 18.2 Å². The van der Waals surface area contributed by atoms with Crippen molar-refractivity contribution in [1.82, 2.24) is 4.90 Å². The van der Waals surface area contributed by atoms with Crippen LogP contribution in [-0.2, 0) is 5.33 Å². The first-order valence-electron chi connectivity index (χ1n) is 7.01. The maximum absolute atomic E-state index is 11.3. The molecule has 0 N–H and O–H groups in total. The molecule has 2 aliphatic rings. The second-order valence-electron chi connectivity index (χ2n) is 5.47. The van der Waals surface area contributed by atoms with Crippen LogP contribution >= 0.6 is 15.9 Å². The number of nitro benzene ring substituents is 1. The lowest BCUT2D eigenvalue weighted by Gasteiger charge is -2.35. The van der Waals surface area contributed by atoms with Gasteiger partial charge in [-0.25, -0.2) is 0 Å². The molecule has 3 rings (SSSR count). The molecule has 0 unspecified atom stereocenters. The molecule has 1 aromatic rings. The number of piperazine rings is 1. The summed E-state index contributed by atoms with van der Waals surface area (Å²) in [6, 6.07) is 6.31. The van der Waals surface area contributed by atoms with Gasteiger partial charge in [0.1, 0.15) is 5.69 Å². The van der Waals surface area contributed by atoms with Crippen molar-refractivity contribution < 1.29 is 4.92 Å². The Hall–Kier alpha value is -1.14. The van der Waals surface area contributed by atoms with Crippen molar-refractivity contribution in [1.29, 1.82) is 0 Å². The first-order chi connectivity index (χ1) is 9.69. The zero-order valence-corrected chi connectivity index (χ0v) is 12.9. The van der Waals surface area contributed by atoms with Crippen LogP contribution in [0.3, 0.4) is 0 Å². The number of anilines is 1. The molecule has 5 nitrogen and oxygen atoms in total. The van der Waals surface area contributed by atoms with E-state index < -0.39 is 0 Å². The van der Waals surface area contributed by atoms with Crippen molar-refractivity contribution in [2.45, 2.75) is 24.2 Å². The highest BCUT2D eigenvalue weighted by Crippen LogP contribution is 2.33. The standard InChI is InChI=1S/C14H18BrN3O2/c15-10-11-1-4-13(14(9-11)18(19)20)17-7-5-16(6-8-17)12-2-3-12/h1,4,9,12H,2-3,5-8,10H2. The number of halogens is 1. The van der Waals surface area contributed by atoms with Gasteiger partial charge in [0.05, 0.1) is 4.92 Å². The predicted octanol–water partition coefficient (Wildman–Crippen LogP) is 2.77. The van der Waals surface area contributed by atoms with Crippen LogP contribution in [0.2, 0.25) is 0 Å². The monoisotopic (exact) mass is 339 g/mol. The minimum atomic E-state index is -0.269. The summed E-state index contributed by atoms with van der Waals surface area (Å²) >= 11 is 3.35. The van der Waals surface area contributed by atoms with Crippen LogP contribution in [0.25, 0.3) is 0 Å². The van der Waals surface area contributed by atoms with Crippen molar-refractivity contribution in [3.05, 3.63) is 33.9 Å². The van der Waals surface area contributed by atoms with Gasteiger partial charge < -0.3 is 4.90 Å². The fourth-order valence-corrected chi connectivity index (χ4v) is 3.18. The van der Waals surface area contributed by atoms with E-state index in [1.807, 2.05) is 12.1 Å². The van der Waals surface area contributed by atoms with E-state index in [9.17, 15) is 10.1 Å². The average Bonchev–Trinajstić information content (AvgIpc) is 3.31. The Bertz CT molecular complexity index is 511. The molecule has 1 aliphatic heterocycles. The number of alkyl halides is 1. The molecule has 1 saturated carbocycles. The van der Waals surface area contributed by atoms with Gasteiger partial charge in [-0.15, -0.1) is 0 Å². The van der Waals surface area contributed by atoms with Crippen molar-refractivity contribution in [2.75, 3.05) is 31.1 Å². The average molecular weight is 340 g/mol. The minimum absolute atomic E-state index is 0.224. The van der Waals surface area contributed by atoms with Gasteiger partial charge in [-0.05, 0) is 24.5 Å². The minimum Gasteiger partial charge on any atom is -0.363 e. The molecule has 2 fully saturated rings. The Kier molecular flexibility index (Phi) is 3.94. The molecule has 1 aliphatic carbocycles. The van der Waals surface area contributed by atoms with Gasteiger partial charge in [-0.2, -0.15) is 0 Å². The van der Waals surface area contributed by atoms with Crippen LogP contribution in [0.1, 0.15) is 18.4 Å². The van der Waals surface area contributed by atoms with E-state index in [1.54, 1.807) is 6.07 Å². The van der Waals surface area contributed by atoms with Gasteiger partial charge in [0.25, 0.3) is 5.69 Å². The maximum atomic E-state index is 11.3. The molecule has 0 aromatic heterocycles. The third kappa shape index (κ3) is 2.81. The van der Waals surface area contributed by atoms with E-state index >= 15 is 0 Å². The molecule has 1 heterocycles. The van der Waals surface area contributed by atoms with Crippen LogP contribution in [0.5, 0.6) is 0 Å². The third-order valence-electron chi connectivity index (χ3n) is 4.11. The number of hydrogen-bond donors (Lipinski definition) is 0. The van der Waals surface area contributed by atoms with Crippen LogP contribution in [0.4, 0.5) is 11.4 Å². The molecular weight excluding hydrogens is 322 g/mol. The summed E-state index contributed by atoms with van der Waals surface area (Å²) in [5.74, 6) is 0. The molecule has 0 spiro atoms. The molecule has 1 saturated heterocycles. The first-order valence-corrected chi connectivity index (χ1v) is 8.13. The lowest BCUT2D eigenvalue weighted by molar-refractivity contribution is -0.384. The lowest BCUT2D eigenvalue weighted by Crippen LogP contribution is -2.47. The van der Waals surface area contributed by atoms with Crippen molar-refractivity contribution in [2.24, 2.45) is 0 Å². The van der Waals surface area contributed by atoms with Crippen LogP contribution in [0, 0.1) is 10.1 Å². The number of rotatable bonds is 4. The van der Waals surface area contributed by atoms with E-state index in [2.05, 4.69) is 25.7 Å². The Labute approximate surface area is 126 Å². The van der Waals surface area contributed by atoms with E-state index in [1.165, 1.54) is 12.8 Å². The number of nitro groups is 1. The summed E-state index contributed by atoms with van der Waals surface area (Å²) in [5.41, 5.74) is 1.93. The molecule has 0 radical (unpaired) electrons. The van der Waals surface area contributed by atoms with Gasteiger partial charge >= 0.3 is 0 Å². The van der Waals surface area contributed by atoms with Crippen LogP contribution in [-0.4, -0.2) is 42.0 Å². The highest BCUT2D eigenvalue weighted by Gasteiger charge is 2.32. The second-order valence-corrected chi connectivity index (χ2v) is 6.03. The Balaban J connectivity index is 1.77. The predicted molar refractivity (Wildman–Crippen MR) is 82.5 cm³/mol. The fourth-order valence-electron chi connectivity index (χ4n) is 2.83. The Morgan fingerprint density at radius 3 is 2.50 bits per heavy atom. The van der Waals surface area contributed by atoms with E-state index in [0.717, 1.165) is 43.5 Å². The summed E-state index contributed by atoms with van der Waals surface area (Å²) in [4.78, 5) is 15.7. The van der Waals surface area contributed by atoms with E-state index in [0.29, 0.717) is 5.33 Å². The third-order valence-corrected chi connectivity index (χ3v) is 4.76. The highest BCUT2D eigenvalue weighted by molar-refractivity contribution is 9.08. The number of hydrogen-bond acceptors (Lipinski definition) is 4. The lowest BCUT2D eigenvalue weighted by atomic mass is 10.1. The first kappa shape index (κ1) is 13.8. The largest absolute Gasteiger partial charge is 0.363 e. The van der Waals surface area contributed by atoms with Gasteiger partial charge in [0.15, 0.2) is 0 Å². The molecule has 0 amide bonds. The summed E-state index contributed by atoms with van der Waals surface area (Å²) < 4.78 is 0. The molecular formula is C14H18BrN3O2. The number of nitrogens with zero attached hydrogens (tertiary/aromatic N) is 3. The van der Waals surface area contributed by atoms with Crippen molar-refractivity contribution in [3.63, 3.8) is 0 Å². The SMILES string of the molecule is O=[N+]([O-])c1cc(CBr)ccc1N1CCN(C2CC2)CC1. The zero-order valence-electron chi connectivity index (χ0n) is 11.3. The fraction of sp³-hybridized carbons (Fsp3) is 0.571. The Morgan fingerprint density at radius 2 is 1.95 bits per heavy atom. The maximum Gasteiger partial charge on any atom is 0.292 e. The van der Waals surface area contributed by atoms with E-state index in [-0.39, 0.29) is 10.6 Å². The highest BCUT2D eigenvalue weighted by atomic mass is 79.9. The molecule has 20 heavy (non-hydrogen) atoms. The van der Waals surface area contributed by atoms with Gasteiger partial charge in [0.2, 0.25) is 0 Å². The summed E-state index contributed by atoms with van der Waals surface area (Å²) in [7, 11) is 0. The van der Waals surface area contributed by atoms with Crippen molar-refractivity contribution >= 4 is 27.3 Å². The van der Waals surface area contributed by atoms with Crippen molar-refractivity contribution in [3.8, 4) is 0 Å². The summed E-state index contributed by atoms with van der Waals surface area (Å²) in [6.07, 6.45) is 2.64. The summed E-state index contributed by atoms with van der Waals surface area (Å²) in [6.45, 7) is 3.79. The van der Waals surface area contributed by atoms with E-state index in [4.69, 9.17) is 0 Å². The molecule has 0 bridgehead atoms. The molecule has 108 valence electrons. The van der Waals surface area contributed by atoms with Gasteiger partial charge in [0, 0.05) is 43.6 Å². The van der Waals surface area contributed by atoms with Gasteiger partial charge in [-0.1, -0.05) is 22.0 Å². The summed E-state index contributed by atoms with van der Waals surface area (Å²) in [5, 5.41) is 11.9. The van der Waals surface area contributed by atoms with Gasteiger partial charge in [-0.3, -0.25) is 15.0 Å². The van der Waals surface area contributed by atoms with Crippen LogP contribution < -0.4 is 4.90 Å². The molecule has 6 heteroatoms. The molecule has 1 aromatic carbocycles. The topological polar surface area (TPSA) is 49.6 Å². The molecule has 0 atom stereocenters. The second kappa shape index (κ2) is 5.69. The Morgan fingerprint density at radius 1 is 1.25 bits per heavy atom.